The number of carbonyl (C=O) groups is 1. The standard InChI is InChI=1S/C15H19BrN2O5/c1-15(2,3)23-14(19)17-6-7-22-13(9-17)11-5-4-10(18(20)21)8-12(11)16/h4-5,8,13H,6-7,9H2,1-3H3/t13-/m1/s1. The maximum absolute atomic E-state index is 12.2. The number of rotatable bonds is 2. The molecule has 0 bridgehead atoms. The van der Waals surface area contributed by atoms with E-state index in [2.05, 4.69) is 15.9 Å². The first-order valence-corrected chi connectivity index (χ1v) is 8.00. The zero-order valence-corrected chi connectivity index (χ0v) is 14.8. The van der Waals surface area contributed by atoms with E-state index in [4.69, 9.17) is 9.47 Å². The summed E-state index contributed by atoms with van der Waals surface area (Å²) in [5.41, 5.74) is 0.211. The van der Waals surface area contributed by atoms with Gasteiger partial charge in [0.15, 0.2) is 0 Å². The number of nitro groups is 1. The van der Waals surface area contributed by atoms with Crippen LogP contribution in [0.4, 0.5) is 10.5 Å². The molecule has 0 radical (unpaired) electrons. The molecule has 0 unspecified atom stereocenters. The summed E-state index contributed by atoms with van der Waals surface area (Å²) in [5.74, 6) is 0. The quantitative estimate of drug-likeness (QED) is 0.571. The van der Waals surface area contributed by atoms with Crippen LogP contribution in [0.1, 0.15) is 32.4 Å². The zero-order chi connectivity index (χ0) is 17.2. The fraction of sp³-hybridized carbons (Fsp3) is 0.533. The molecule has 2 rings (SSSR count). The third-order valence-electron chi connectivity index (χ3n) is 3.26. The third-order valence-corrected chi connectivity index (χ3v) is 3.95. The highest BCUT2D eigenvalue weighted by Gasteiger charge is 2.30. The molecular formula is C15H19BrN2O5. The number of hydrogen-bond acceptors (Lipinski definition) is 5. The average molecular weight is 387 g/mol. The number of morpholine rings is 1. The molecule has 1 aliphatic rings. The summed E-state index contributed by atoms with van der Waals surface area (Å²) in [7, 11) is 0. The number of benzene rings is 1. The van der Waals surface area contributed by atoms with Crippen LogP contribution in [0.5, 0.6) is 0 Å². The van der Waals surface area contributed by atoms with E-state index in [1.165, 1.54) is 12.1 Å². The van der Waals surface area contributed by atoms with Gasteiger partial charge in [-0.2, -0.15) is 0 Å². The topological polar surface area (TPSA) is 81.9 Å². The number of halogens is 1. The Balaban J connectivity index is 2.12. The summed E-state index contributed by atoms with van der Waals surface area (Å²) in [4.78, 5) is 24.1. The lowest BCUT2D eigenvalue weighted by Crippen LogP contribution is -2.44. The second-order valence-electron chi connectivity index (χ2n) is 6.25. The Labute approximate surface area is 142 Å². The van der Waals surface area contributed by atoms with Crippen molar-refractivity contribution in [3.63, 3.8) is 0 Å². The summed E-state index contributed by atoms with van der Waals surface area (Å²) < 4.78 is 11.7. The highest BCUT2D eigenvalue weighted by atomic mass is 79.9. The van der Waals surface area contributed by atoms with Gasteiger partial charge < -0.3 is 14.4 Å². The highest BCUT2D eigenvalue weighted by molar-refractivity contribution is 9.10. The van der Waals surface area contributed by atoms with Gasteiger partial charge >= 0.3 is 6.09 Å². The molecule has 0 aliphatic carbocycles. The Morgan fingerprint density at radius 3 is 2.74 bits per heavy atom. The zero-order valence-electron chi connectivity index (χ0n) is 13.2. The van der Waals surface area contributed by atoms with Crippen molar-refractivity contribution in [1.82, 2.24) is 4.90 Å². The SMILES string of the molecule is CC(C)(C)OC(=O)N1CCO[C@@H](c2ccc([N+](=O)[O-])cc2Br)C1. The van der Waals surface area contributed by atoms with Crippen LogP contribution in [-0.2, 0) is 9.47 Å². The van der Waals surface area contributed by atoms with E-state index in [0.717, 1.165) is 5.56 Å². The van der Waals surface area contributed by atoms with E-state index in [9.17, 15) is 14.9 Å². The summed E-state index contributed by atoms with van der Waals surface area (Å²) in [6, 6.07) is 4.51. The average Bonchev–Trinajstić information content (AvgIpc) is 2.45. The largest absolute Gasteiger partial charge is 0.444 e. The number of non-ortho nitro benzene ring substituents is 1. The van der Waals surface area contributed by atoms with Crippen molar-refractivity contribution < 1.29 is 19.2 Å². The lowest BCUT2D eigenvalue weighted by atomic mass is 10.1. The Hall–Kier alpha value is -1.67. The molecule has 1 heterocycles. The molecule has 1 aromatic carbocycles. The van der Waals surface area contributed by atoms with Crippen LogP contribution in [0.3, 0.4) is 0 Å². The molecule has 1 atom stereocenters. The van der Waals surface area contributed by atoms with Gasteiger partial charge in [-0.1, -0.05) is 15.9 Å². The minimum absolute atomic E-state index is 0.000401. The number of nitrogens with zero attached hydrogens (tertiary/aromatic N) is 2. The Morgan fingerprint density at radius 2 is 2.17 bits per heavy atom. The van der Waals surface area contributed by atoms with Gasteiger partial charge in [-0.15, -0.1) is 0 Å². The number of ether oxygens (including phenoxy) is 2. The first kappa shape index (κ1) is 17.7. The van der Waals surface area contributed by atoms with Crippen LogP contribution < -0.4 is 0 Å². The van der Waals surface area contributed by atoms with Crippen molar-refractivity contribution in [3.8, 4) is 0 Å². The van der Waals surface area contributed by atoms with Crippen LogP contribution in [0, 0.1) is 10.1 Å². The van der Waals surface area contributed by atoms with Crippen molar-refractivity contribution in [2.24, 2.45) is 0 Å². The minimum atomic E-state index is -0.557. The Morgan fingerprint density at radius 1 is 1.48 bits per heavy atom. The maximum atomic E-state index is 12.2. The number of hydrogen-bond donors (Lipinski definition) is 0. The molecule has 0 spiro atoms. The van der Waals surface area contributed by atoms with Crippen LogP contribution in [0.2, 0.25) is 0 Å². The molecule has 1 aliphatic heterocycles. The van der Waals surface area contributed by atoms with Crippen LogP contribution in [-0.4, -0.2) is 41.2 Å². The molecule has 0 aromatic heterocycles. The predicted octanol–water partition coefficient (Wildman–Crippen LogP) is 3.67. The van der Waals surface area contributed by atoms with E-state index in [0.29, 0.717) is 24.2 Å². The summed E-state index contributed by atoms with van der Waals surface area (Å²) in [6.45, 7) is 6.62. The van der Waals surface area contributed by atoms with E-state index in [1.54, 1.807) is 11.0 Å². The molecule has 7 nitrogen and oxygen atoms in total. The van der Waals surface area contributed by atoms with Gasteiger partial charge in [0.2, 0.25) is 0 Å². The van der Waals surface area contributed by atoms with E-state index in [-0.39, 0.29) is 17.9 Å². The predicted molar refractivity (Wildman–Crippen MR) is 87.3 cm³/mol. The molecule has 8 heteroatoms. The molecule has 1 fully saturated rings. The van der Waals surface area contributed by atoms with Gasteiger partial charge in [0.1, 0.15) is 11.7 Å². The summed E-state index contributed by atoms with van der Waals surface area (Å²) >= 11 is 3.34. The van der Waals surface area contributed by atoms with Gasteiger partial charge in [0.25, 0.3) is 5.69 Å². The summed E-state index contributed by atoms with van der Waals surface area (Å²) in [5, 5.41) is 10.8. The van der Waals surface area contributed by atoms with Crippen LogP contribution in [0.15, 0.2) is 22.7 Å². The molecular weight excluding hydrogens is 368 g/mol. The van der Waals surface area contributed by atoms with Gasteiger partial charge in [-0.25, -0.2) is 4.79 Å². The van der Waals surface area contributed by atoms with Gasteiger partial charge in [0.05, 0.1) is 18.1 Å². The number of amides is 1. The highest BCUT2D eigenvalue weighted by Crippen LogP contribution is 2.32. The molecule has 23 heavy (non-hydrogen) atoms. The van der Waals surface area contributed by atoms with Crippen molar-refractivity contribution in [2.45, 2.75) is 32.5 Å². The first-order chi connectivity index (χ1) is 10.7. The smallest absolute Gasteiger partial charge is 0.410 e. The fourth-order valence-corrected chi connectivity index (χ4v) is 2.84. The maximum Gasteiger partial charge on any atom is 0.410 e. The number of carbonyl (C=O) groups excluding carboxylic acids is 1. The van der Waals surface area contributed by atoms with Crippen molar-refractivity contribution in [3.05, 3.63) is 38.3 Å². The van der Waals surface area contributed by atoms with E-state index < -0.39 is 10.5 Å². The van der Waals surface area contributed by atoms with Gasteiger partial charge in [0, 0.05) is 23.2 Å². The number of nitro benzene ring substituents is 1. The lowest BCUT2D eigenvalue weighted by Gasteiger charge is -2.34. The van der Waals surface area contributed by atoms with Gasteiger partial charge in [-0.3, -0.25) is 10.1 Å². The Bertz CT molecular complexity index is 614. The van der Waals surface area contributed by atoms with Crippen LogP contribution in [0.25, 0.3) is 0 Å². The monoisotopic (exact) mass is 386 g/mol. The van der Waals surface area contributed by atoms with Crippen LogP contribution >= 0.6 is 15.9 Å². The molecule has 1 aromatic rings. The third kappa shape index (κ3) is 4.65. The van der Waals surface area contributed by atoms with Crippen molar-refractivity contribution in [2.75, 3.05) is 19.7 Å². The lowest BCUT2D eigenvalue weighted by molar-refractivity contribution is -0.385. The normalized spacial score (nSPS) is 18.6. The van der Waals surface area contributed by atoms with Gasteiger partial charge in [-0.05, 0) is 32.4 Å². The molecule has 1 amide bonds. The van der Waals surface area contributed by atoms with Crippen molar-refractivity contribution >= 4 is 27.7 Å². The first-order valence-electron chi connectivity index (χ1n) is 7.21. The fourth-order valence-electron chi connectivity index (χ4n) is 2.22. The molecule has 0 N–H and O–H groups in total. The second-order valence-corrected chi connectivity index (χ2v) is 7.10. The molecule has 126 valence electrons. The van der Waals surface area contributed by atoms with Crippen molar-refractivity contribution in [1.29, 1.82) is 0 Å². The van der Waals surface area contributed by atoms with E-state index >= 15 is 0 Å². The summed E-state index contributed by atoms with van der Waals surface area (Å²) in [6.07, 6.45) is -0.740. The Kier molecular flexibility index (Phi) is 5.26. The molecule has 1 saturated heterocycles. The second kappa shape index (κ2) is 6.84. The van der Waals surface area contributed by atoms with E-state index in [1.807, 2.05) is 20.8 Å². The molecule has 0 saturated carbocycles. The minimum Gasteiger partial charge on any atom is -0.444 e.